The molecule has 0 aliphatic heterocycles. The number of anilines is 1. The standard InChI is InChI=1S/C31H37Cl2N3O6S/c1-6-21(3)34-31(38)27(7-2)35(19-22-13-14-23(32)17-26(22)33)30(37)20-36(43(39,40)25-11-9-8-10-12-25)28-18-24(41-4)15-16-29(28)42-5/h8-18,21,27H,6-7,19-20H2,1-5H3,(H,34,38)/t21-,27+/m0/s1. The van der Waals surface area contributed by atoms with Crippen LogP contribution in [0, 0.1) is 0 Å². The Morgan fingerprint density at radius 2 is 1.63 bits per heavy atom. The predicted molar refractivity (Wildman–Crippen MR) is 170 cm³/mol. The highest BCUT2D eigenvalue weighted by molar-refractivity contribution is 7.92. The van der Waals surface area contributed by atoms with Gasteiger partial charge in [0.2, 0.25) is 11.8 Å². The van der Waals surface area contributed by atoms with E-state index >= 15 is 0 Å². The topological polar surface area (TPSA) is 105 Å². The van der Waals surface area contributed by atoms with Crippen molar-refractivity contribution in [3.63, 3.8) is 0 Å². The first-order chi connectivity index (χ1) is 20.5. The molecule has 43 heavy (non-hydrogen) atoms. The molecule has 2 atom stereocenters. The lowest BCUT2D eigenvalue weighted by molar-refractivity contribution is -0.140. The van der Waals surface area contributed by atoms with Gasteiger partial charge in [-0.05, 0) is 61.7 Å². The molecular weight excluding hydrogens is 613 g/mol. The van der Waals surface area contributed by atoms with Crippen molar-refractivity contribution in [2.75, 3.05) is 25.1 Å². The van der Waals surface area contributed by atoms with Crippen molar-refractivity contribution in [1.82, 2.24) is 10.2 Å². The number of ether oxygens (including phenoxy) is 2. The molecule has 0 aromatic heterocycles. The quantitative estimate of drug-likeness (QED) is 0.232. The van der Waals surface area contributed by atoms with Crippen LogP contribution in [-0.4, -0.2) is 58.0 Å². The number of nitrogens with zero attached hydrogens (tertiary/aromatic N) is 2. The molecule has 3 rings (SSSR count). The molecule has 3 aromatic carbocycles. The number of nitrogens with one attached hydrogen (secondary N) is 1. The zero-order chi connectivity index (χ0) is 31.7. The van der Waals surface area contributed by atoms with Gasteiger partial charge in [0.05, 0.1) is 24.8 Å². The summed E-state index contributed by atoms with van der Waals surface area (Å²) in [6.07, 6.45) is 0.963. The number of sulfonamides is 1. The van der Waals surface area contributed by atoms with E-state index in [1.165, 1.54) is 37.3 Å². The number of hydrogen-bond acceptors (Lipinski definition) is 6. The molecule has 0 aliphatic rings. The maximum atomic E-state index is 14.3. The van der Waals surface area contributed by atoms with E-state index in [4.69, 9.17) is 32.7 Å². The molecule has 0 unspecified atom stereocenters. The van der Waals surface area contributed by atoms with Crippen LogP contribution in [0.4, 0.5) is 5.69 Å². The number of rotatable bonds is 14. The largest absolute Gasteiger partial charge is 0.497 e. The summed E-state index contributed by atoms with van der Waals surface area (Å²) in [5.74, 6) is -0.407. The molecule has 0 bridgehead atoms. The van der Waals surface area contributed by atoms with Crippen LogP contribution in [0.25, 0.3) is 0 Å². The smallest absolute Gasteiger partial charge is 0.264 e. The molecule has 0 radical (unpaired) electrons. The summed E-state index contributed by atoms with van der Waals surface area (Å²) in [6.45, 7) is 4.90. The van der Waals surface area contributed by atoms with Gasteiger partial charge in [0.15, 0.2) is 0 Å². The van der Waals surface area contributed by atoms with Gasteiger partial charge >= 0.3 is 0 Å². The molecule has 0 aliphatic carbocycles. The van der Waals surface area contributed by atoms with Gasteiger partial charge in [-0.2, -0.15) is 0 Å². The minimum Gasteiger partial charge on any atom is -0.497 e. The molecule has 0 spiro atoms. The van der Waals surface area contributed by atoms with Crippen LogP contribution in [0.3, 0.4) is 0 Å². The average molecular weight is 651 g/mol. The molecule has 0 saturated carbocycles. The van der Waals surface area contributed by atoms with Gasteiger partial charge in [-0.3, -0.25) is 13.9 Å². The Labute approximate surface area is 263 Å². The first-order valence-corrected chi connectivity index (χ1v) is 16.0. The van der Waals surface area contributed by atoms with Gasteiger partial charge in [-0.1, -0.05) is 61.3 Å². The molecule has 12 heteroatoms. The molecule has 1 N–H and O–H groups in total. The average Bonchev–Trinajstić information content (AvgIpc) is 3.00. The van der Waals surface area contributed by atoms with Crippen molar-refractivity contribution in [3.05, 3.63) is 82.3 Å². The zero-order valence-corrected chi connectivity index (χ0v) is 27.2. The number of carbonyl (C=O) groups excluding carboxylic acids is 2. The lowest BCUT2D eigenvalue weighted by Crippen LogP contribution is -2.53. The van der Waals surface area contributed by atoms with Crippen LogP contribution >= 0.6 is 23.2 Å². The van der Waals surface area contributed by atoms with Gasteiger partial charge in [-0.25, -0.2) is 8.42 Å². The molecule has 3 aromatic rings. The monoisotopic (exact) mass is 649 g/mol. The summed E-state index contributed by atoms with van der Waals surface area (Å²) in [6, 6.07) is 16.3. The maximum absolute atomic E-state index is 14.3. The van der Waals surface area contributed by atoms with Gasteiger partial charge < -0.3 is 19.7 Å². The van der Waals surface area contributed by atoms with E-state index < -0.39 is 28.5 Å². The highest BCUT2D eigenvalue weighted by Crippen LogP contribution is 2.36. The second kappa shape index (κ2) is 15.3. The summed E-state index contributed by atoms with van der Waals surface area (Å²) < 4.78 is 40.1. The molecular formula is C31H37Cl2N3O6S. The SMILES string of the molecule is CC[C@H](C(=O)N[C@@H](C)CC)N(Cc1ccc(Cl)cc1Cl)C(=O)CN(c1cc(OC)ccc1OC)S(=O)(=O)c1ccccc1. The Bertz CT molecular complexity index is 1520. The van der Waals surface area contributed by atoms with Crippen molar-refractivity contribution in [2.24, 2.45) is 0 Å². The number of hydrogen-bond donors (Lipinski definition) is 1. The van der Waals surface area contributed by atoms with E-state index in [0.717, 1.165) is 4.31 Å². The van der Waals surface area contributed by atoms with Gasteiger partial charge in [0.1, 0.15) is 24.1 Å². The normalized spacial score (nSPS) is 12.6. The van der Waals surface area contributed by atoms with Crippen LogP contribution < -0.4 is 19.1 Å². The number of carbonyl (C=O) groups is 2. The van der Waals surface area contributed by atoms with Gasteiger partial charge in [0.25, 0.3) is 10.0 Å². The second-order valence-electron chi connectivity index (χ2n) is 9.86. The fraction of sp³-hybridized carbons (Fsp3) is 0.355. The van der Waals surface area contributed by atoms with E-state index in [-0.39, 0.29) is 41.2 Å². The van der Waals surface area contributed by atoms with Crippen molar-refractivity contribution >= 4 is 50.7 Å². The Kier molecular flexibility index (Phi) is 12.1. The fourth-order valence-corrected chi connectivity index (χ4v) is 6.32. The highest BCUT2D eigenvalue weighted by Gasteiger charge is 2.35. The molecule has 0 heterocycles. The van der Waals surface area contributed by atoms with Crippen molar-refractivity contribution in [1.29, 1.82) is 0 Å². The van der Waals surface area contributed by atoms with E-state index in [1.807, 2.05) is 13.8 Å². The van der Waals surface area contributed by atoms with Gasteiger partial charge in [0, 0.05) is 28.7 Å². The van der Waals surface area contributed by atoms with E-state index in [1.54, 1.807) is 55.5 Å². The molecule has 2 amide bonds. The van der Waals surface area contributed by atoms with Crippen LogP contribution in [0.2, 0.25) is 10.0 Å². The lowest BCUT2D eigenvalue weighted by atomic mass is 10.1. The lowest BCUT2D eigenvalue weighted by Gasteiger charge is -2.34. The second-order valence-corrected chi connectivity index (χ2v) is 12.6. The third kappa shape index (κ3) is 8.34. The molecule has 232 valence electrons. The van der Waals surface area contributed by atoms with Gasteiger partial charge in [-0.15, -0.1) is 0 Å². The van der Waals surface area contributed by atoms with Crippen molar-refractivity contribution in [2.45, 2.75) is 57.1 Å². The van der Waals surface area contributed by atoms with Crippen LogP contribution in [0.5, 0.6) is 11.5 Å². The summed E-state index contributed by atoms with van der Waals surface area (Å²) in [5, 5.41) is 3.67. The summed E-state index contributed by atoms with van der Waals surface area (Å²) in [4.78, 5) is 29.1. The number of amides is 2. The molecule has 0 fully saturated rings. The van der Waals surface area contributed by atoms with Crippen LogP contribution in [0.1, 0.15) is 39.2 Å². The van der Waals surface area contributed by atoms with E-state index in [0.29, 0.717) is 27.8 Å². The predicted octanol–water partition coefficient (Wildman–Crippen LogP) is 5.93. The summed E-state index contributed by atoms with van der Waals surface area (Å²) >= 11 is 12.6. The number of benzene rings is 3. The fourth-order valence-electron chi connectivity index (χ4n) is 4.42. The molecule has 0 saturated heterocycles. The highest BCUT2D eigenvalue weighted by atomic mass is 35.5. The van der Waals surface area contributed by atoms with Crippen molar-refractivity contribution in [3.8, 4) is 11.5 Å². The van der Waals surface area contributed by atoms with Crippen LogP contribution in [-0.2, 0) is 26.2 Å². The van der Waals surface area contributed by atoms with E-state index in [2.05, 4.69) is 5.32 Å². The number of halogens is 2. The minimum absolute atomic E-state index is 0.0264. The Hall–Kier alpha value is -3.47. The zero-order valence-electron chi connectivity index (χ0n) is 24.8. The van der Waals surface area contributed by atoms with Crippen molar-refractivity contribution < 1.29 is 27.5 Å². The summed E-state index contributed by atoms with van der Waals surface area (Å²) in [5.41, 5.74) is 0.645. The minimum atomic E-state index is -4.30. The van der Waals surface area contributed by atoms with Crippen LogP contribution in [0.15, 0.2) is 71.6 Å². The first kappa shape index (κ1) is 34.0. The number of methoxy groups -OCH3 is 2. The first-order valence-electron chi connectivity index (χ1n) is 13.8. The summed E-state index contributed by atoms with van der Waals surface area (Å²) in [7, 11) is -1.44. The Balaban J connectivity index is 2.16. The Morgan fingerprint density at radius 1 is 0.930 bits per heavy atom. The third-order valence-corrected chi connectivity index (χ3v) is 9.37. The Morgan fingerprint density at radius 3 is 2.21 bits per heavy atom. The maximum Gasteiger partial charge on any atom is 0.264 e. The van der Waals surface area contributed by atoms with E-state index in [9.17, 15) is 18.0 Å². The molecule has 9 nitrogen and oxygen atoms in total. The third-order valence-electron chi connectivity index (χ3n) is 7.01.